The predicted molar refractivity (Wildman–Crippen MR) is 78.7 cm³/mol. The van der Waals surface area contributed by atoms with Crippen molar-refractivity contribution in [2.24, 2.45) is 17.8 Å². The molecule has 0 amide bonds. The highest BCUT2D eigenvalue weighted by Crippen LogP contribution is 2.49. The summed E-state index contributed by atoms with van der Waals surface area (Å²) in [5.74, 6) is 2.23. The lowest BCUT2D eigenvalue weighted by atomic mass is 9.66. The molecule has 2 aliphatic carbocycles. The maximum atomic E-state index is 3.89. The summed E-state index contributed by atoms with van der Waals surface area (Å²) in [5.41, 5.74) is 5.23. The van der Waals surface area contributed by atoms with Crippen LogP contribution in [0.5, 0.6) is 0 Å². The van der Waals surface area contributed by atoms with Gasteiger partial charge in [0.05, 0.1) is 0 Å². The van der Waals surface area contributed by atoms with Crippen LogP contribution in [0.4, 0.5) is 0 Å². The Balaban J connectivity index is 1.88. The normalized spacial score (nSPS) is 48.3. The van der Waals surface area contributed by atoms with Gasteiger partial charge in [0.2, 0.25) is 0 Å². The lowest BCUT2D eigenvalue weighted by Gasteiger charge is -2.45. The molecule has 4 rings (SSSR count). The van der Waals surface area contributed by atoms with E-state index in [0.717, 1.165) is 11.8 Å². The molecule has 0 aromatic carbocycles. The van der Waals surface area contributed by atoms with E-state index in [-0.39, 0.29) is 5.54 Å². The predicted octanol–water partition coefficient (Wildman–Crippen LogP) is 2.98. The Morgan fingerprint density at radius 2 is 2.16 bits per heavy atom. The number of hydrogen-bond acceptors (Lipinski definition) is 2. The fourth-order valence-electron chi connectivity index (χ4n) is 4.99. The molecule has 0 spiro atoms. The highest BCUT2D eigenvalue weighted by Gasteiger charge is 2.49. The molecular weight excluding hydrogens is 232 g/mol. The second-order valence-corrected chi connectivity index (χ2v) is 7.48. The summed E-state index contributed by atoms with van der Waals surface area (Å²) in [6.45, 7) is 8.54. The van der Waals surface area contributed by atoms with Crippen molar-refractivity contribution in [3.8, 4) is 0 Å². The maximum absolute atomic E-state index is 3.89. The van der Waals surface area contributed by atoms with Crippen molar-refractivity contribution in [3.63, 3.8) is 0 Å². The molecule has 0 aromatic rings. The second-order valence-electron chi connectivity index (χ2n) is 7.48. The Hall–Kier alpha value is -0.760. The minimum absolute atomic E-state index is 0.269. The van der Waals surface area contributed by atoms with E-state index in [2.05, 4.69) is 37.5 Å². The van der Waals surface area contributed by atoms with Crippen LogP contribution in [0.15, 0.2) is 22.9 Å². The summed E-state index contributed by atoms with van der Waals surface area (Å²) >= 11 is 0. The van der Waals surface area contributed by atoms with Gasteiger partial charge in [0.25, 0.3) is 0 Å². The van der Waals surface area contributed by atoms with E-state index in [9.17, 15) is 0 Å². The lowest BCUT2D eigenvalue weighted by molar-refractivity contribution is 0.158. The van der Waals surface area contributed by atoms with Gasteiger partial charge in [-0.2, -0.15) is 0 Å². The van der Waals surface area contributed by atoms with E-state index in [0.29, 0.717) is 12.0 Å². The first kappa shape index (κ1) is 12.0. The van der Waals surface area contributed by atoms with Crippen molar-refractivity contribution in [1.82, 2.24) is 10.6 Å². The molecule has 1 saturated carbocycles. The van der Waals surface area contributed by atoms with Crippen LogP contribution in [-0.4, -0.2) is 18.1 Å². The lowest BCUT2D eigenvalue weighted by Crippen LogP contribution is -2.56. The Morgan fingerprint density at radius 1 is 1.32 bits per heavy atom. The monoisotopic (exact) mass is 258 g/mol. The third kappa shape index (κ3) is 1.59. The molecule has 2 fully saturated rings. The topological polar surface area (TPSA) is 24.1 Å². The minimum Gasteiger partial charge on any atom is -0.385 e. The molecule has 2 heterocycles. The minimum atomic E-state index is 0.269. The highest BCUT2D eigenvalue weighted by molar-refractivity contribution is 5.40. The molecular formula is C17H26N2. The van der Waals surface area contributed by atoms with E-state index in [1.165, 1.54) is 32.2 Å². The zero-order valence-electron chi connectivity index (χ0n) is 12.4. The van der Waals surface area contributed by atoms with Crippen molar-refractivity contribution in [2.45, 2.75) is 58.0 Å². The van der Waals surface area contributed by atoms with Gasteiger partial charge in [-0.15, -0.1) is 0 Å². The van der Waals surface area contributed by atoms with Gasteiger partial charge in [0, 0.05) is 23.2 Å². The molecule has 2 aliphatic heterocycles. The summed E-state index contributed by atoms with van der Waals surface area (Å²) in [5, 5.41) is 7.78. The Labute approximate surface area is 116 Å². The first-order valence-electron chi connectivity index (χ1n) is 8.02. The van der Waals surface area contributed by atoms with Gasteiger partial charge in [-0.3, -0.25) is 0 Å². The SMILES string of the molecule is CC1C2CC3=C4C=C2NC1C(C)C(C)(C3)NCCC4. The van der Waals surface area contributed by atoms with Gasteiger partial charge in [0.1, 0.15) is 0 Å². The molecule has 104 valence electrons. The molecule has 5 atom stereocenters. The smallest absolute Gasteiger partial charge is 0.0333 e. The molecule has 0 aromatic heterocycles. The largest absolute Gasteiger partial charge is 0.385 e. The quantitative estimate of drug-likeness (QED) is 0.698. The number of nitrogens with one attached hydrogen (secondary N) is 2. The molecule has 1 saturated heterocycles. The Kier molecular flexibility index (Phi) is 2.45. The maximum Gasteiger partial charge on any atom is 0.0333 e. The standard InChI is InChI=1S/C17H26N2/c1-10-14-7-13-9-17(3)11(2)16(10)19-15(14)8-12(13)5-4-6-18-17/h8,10-11,14,16,18-19H,4-7,9H2,1-3H3. The first-order valence-corrected chi connectivity index (χ1v) is 8.02. The van der Waals surface area contributed by atoms with Crippen LogP contribution < -0.4 is 10.6 Å². The van der Waals surface area contributed by atoms with Gasteiger partial charge in [0.15, 0.2) is 0 Å². The van der Waals surface area contributed by atoms with Crippen molar-refractivity contribution in [3.05, 3.63) is 22.9 Å². The van der Waals surface area contributed by atoms with E-state index in [1.54, 1.807) is 16.8 Å². The number of fused-ring (bicyclic) bond motifs is 2. The second kappa shape index (κ2) is 3.88. The summed E-state index contributed by atoms with van der Waals surface area (Å²) in [6.07, 6.45) is 7.65. The molecule has 2 nitrogen and oxygen atoms in total. The number of hydrogen-bond donors (Lipinski definition) is 2. The molecule has 2 N–H and O–H groups in total. The summed E-state index contributed by atoms with van der Waals surface area (Å²) < 4.78 is 0. The van der Waals surface area contributed by atoms with Gasteiger partial charge < -0.3 is 10.6 Å². The van der Waals surface area contributed by atoms with Crippen LogP contribution in [0.25, 0.3) is 0 Å². The van der Waals surface area contributed by atoms with E-state index < -0.39 is 0 Å². The zero-order valence-corrected chi connectivity index (χ0v) is 12.4. The van der Waals surface area contributed by atoms with Crippen LogP contribution in [0, 0.1) is 17.8 Å². The van der Waals surface area contributed by atoms with Crippen molar-refractivity contribution in [2.75, 3.05) is 6.54 Å². The molecule has 4 aliphatic rings. The fourth-order valence-corrected chi connectivity index (χ4v) is 4.99. The zero-order chi connectivity index (χ0) is 13.2. The van der Waals surface area contributed by atoms with Gasteiger partial charge in [-0.05, 0) is 62.6 Å². The Bertz CT molecular complexity index is 476. The summed E-state index contributed by atoms with van der Waals surface area (Å²) in [7, 11) is 0. The van der Waals surface area contributed by atoms with Gasteiger partial charge >= 0.3 is 0 Å². The fraction of sp³-hybridized carbons (Fsp3) is 0.765. The molecule has 4 bridgehead atoms. The average molecular weight is 258 g/mol. The van der Waals surface area contributed by atoms with E-state index >= 15 is 0 Å². The van der Waals surface area contributed by atoms with Crippen LogP contribution in [0.1, 0.15) is 46.5 Å². The third-order valence-electron chi connectivity index (χ3n) is 6.46. The molecule has 5 unspecified atom stereocenters. The average Bonchev–Trinajstić information content (AvgIpc) is 2.70. The van der Waals surface area contributed by atoms with Crippen molar-refractivity contribution >= 4 is 0 Å². The highest BCUT2D eigenvalue weighted by atomic mass is 15.1. The van der Waals surface area contributed by atoms with Crippen molar-refractivity contribution < 1.29 is 0 Å². The van der Waals surface area contributed by atoms with E-state index in [4.69, 9.17) is 0 Å². The Morgan fingerprint density at radius 3 is 3.00 bits per heavy atom. The van der Waals surface area contributed by atoms with Crippen LogP contribution in [-0.2, 0) is 0 Å². The van der Waals surface area contributed by atoms with Crippen LogP contribution in [0.3, 0.4) is 0 Å². The van der Waals surface area contributed by atoms with Crippen molar-refractivity contribution in [1.29, 1.82) is 0 Å². The van der Waals surface area contributed by atoms with E-state index in [1.807, 2.05) is 0 Å². The number of allylic oxidation sites excluding steroid dienone is 3. The van der Waals surface area contributed by atoms with Crippen LogP contribution >= 0.6 is 0 Å². The summed E-state index contributed by atoms with van der Waals surface area (Å²) in [4.78, 5) is 0. The first-order chi connectivity index (χ1) is 9.08. The molecule has 19 heavy (non-hydrogen) atoms. The third-order valence-corrected chi connectivity index (χ3v) is 6.46. The van der Waals surface area contributed by atoms with Gasteiger partial charge in [-0.1, -0.05) is 19.4 Å². The summed E-state index contributed by atoms with van der Waals surface area (Å²) in [6, 6.07) is 0.646. The van der Waals surface area contributed by atoms with Gasteiger partial charge in [-0.25, -0.2) is 0 Å². The molecule has 2 heteroatoms. The molecule has 0 radical (unpaired) electrons. The number of rotatable bonds is 0. The van der Waals surface area contributed by atoms with Crippen LogP contribution in [0.2, 0.25) is 0 Å².